The van der Waals surface area contributed by atoms with Gasteiger partial charge in [-0.25, -0.2) is 4.79 Å². The summed E-state index contributed by atoms with van der Waals surface area (Å²) in [6, 6.07) is 11.9. The number of nitrogens with one attached hydrogen (secondary N) is 1. The quantitative estimate of drug-likeness (QED) is 0.756. The SMILES string of the molecule is CC(C)(C)C(=O)COC(=O)C(Cc1ccccc1)NC(=O)c1cccs1. The minimum absolute atomic E-state index is 0.172. The van der Waals surface area contributed by atoms with Gasteiger partial charge in [-0.3, -0.25) is 9.59 Å². The van der Waals surface area contributed by atoms with Crippen molar-refractivity contribution in [3.63, 3.8) is 0 Å². The molecular weight excluding hydrogens is 350 g/mol. The number of ketones is 1. The first kappa shape index (κ1) is 19.8. The van der Waals surface area contributed by atoms with Gasteiger partial charge >= 0.3 is 5.97 Å². The highest BCUT2D eigenvalue weighted by atomic mass is 32.1. The summed E-state index contributed by atoms with van der Waals surface area (Å²) in [6.45, 7) is 5.00. The van der Waals surface area contributed by atoms with Gasteiger partial charge in [0, 0.05) is 11.8 Å². The second kappa shape index (κ2) is 8.76. The minimum atomic E-state index is -0.861. The maximum absolute atomic E-state index is 12.5. The molecule has 0 spiro atoms. The molecule has 0 aliphatic carbocycles. The van der Waals surface area contributed by atoms with Crippen LogP contribution in [0.2, 0.25) is 0 Å². The maximum Gasteiger partial charge on any atom is 0.329 e. The Labute approximate surface area is 157 Å². The first-order valence-electron chi connectivity index (χ1n) is 8.35. The Morgan fingerprint density at radius 3 is 2.35 bits per heavy atom. The first-order chi connectivity index (χ1) is 12.3. The molecular formula is C20H23NO4S. The van der Waals surface area contributed by atoms with Crippen LogP contribution in [-0.4, -0.2) is 30.3 Å². The summed E-state index contributed by atoms with van der Waals surface area (Å²) in [7, 11) is 0. The summed E-state index contributed by atoms with van der Waals surface area (Å²) in [6.07, 6.45) is 0.292. The van der Waals surface area contributed by atoms with E-state index in [9.17, 15) is 14.4 Å². The molecule has 6 heteroatoms. The van der Waals surface area contributed by atoms with Crippen molar-refractivity contribution >= 4 is 29.0 Å². The van der Waals surface area contributed by atoms with E-state index >= 15 is 0 Å². The molecule has 0 fully saturated rings. The highest BCUT2D eigenvalue weighted by Crippen LogP contribution is 2.15. The predicted molar refractivity (Wildman–Crippen MR) is 101 cm³/mol. The molecule has 2 aromatic rings. The molecule has 1 N–H and O–H groups in total. The molecule has 2 rings (SSSR count). The van der Waals surface area contributed by atoms with E-state index in [-0.39, 0.29) is 18.3 Å². The van der Waals surface area contributed by atoms with Crippen molar-refractivity contribution in [3.05, 3.63) is 58.3 Å². The van der Waals surface area contributed by atoms with Gasteiger partial charge in [-0.1, -0.05) is 57.2 Å². The molecule has 1 aromatic heterocycles. The van der Waals surface area contributed by atoms with Gasteiger partial charge in [0.05, 0.1) is 4.88 Å². The molecule has 26 heavy (non-hydrogen) atoms. The molecule has 1 heterocycles. The zero-order valence-corrected chi connectivity index (χ0v) is 16.0. The Kier molecular flexibility index (Phi) is 6.69. The number of rotatable bonds is 7. The molecule has 0 bridgehead atoms. The van der Waals surface area contributed by atoms with Crippen LogP contribution in [-0.2, 0) is 20.7 Å². The summed E-state index contributed by atoms with van der Waals surface area (Å²) in [5.41, 5.74) is 0.304. The third kappa shape index (κ3) is 5.81. The lowest BCUT2D eigenvalue weighted by Gasteiger charge is -2.20. The van der Waals surface area contributed by atoms with Crippen LogP contribution in [0.25, 0.3) is 0 Å². The number of esters is 1. The number of hydrogen-bond acceptors (Lipinski definition) is 5. The van der Waals surface area contributed by atoms with Crippen LogP contribution in [0.3, 0.4) is 0 Å². The van der Waals surface area contributed by atoms with Crippen LogP contribution in [0.1, 0.15) is 36.0 Å². The van der Waals surface area contributed by atoms with E-state index < -0.39 is 17.4 Å². The lowest BCUT2D eigenvalue weighted by atomic mass is 9.91. The summed E-state index contributed by atoms with van der Waals surface area (Å²) in [5, 5.41) is 4.51. The minimum Gasteiger partial charge on any atom is -0.456 e. The van der Waals surface area contributed by atoms with Crippen molar-refractivity contribution in [3.8, 4) is 0 Å². The average Bonchev–Trinajstić information content (AvgIpc) is 3.13. The first-order valence-corrected chi connectivity index (χ1v) is 9.23. The standard InChI is InChI=1S/C20H23NO4S/c1-20(2,3)17(22)13-25-19(24)15(12-14-8-5-4-6-9-14)21-18(23)16-10-7-11-26-16/h4-11,15H,12-13H2,1-3H3,(H,21,23). The number of Topliss-reactive ketones (excluding diaryl/α,β-unsaturated/α-hetero) is 1. The number of carbonyl (C=O) groups is 3. The fourth-order valence-electron chi connectivity index (χ4n) is 2.13. The van der Waals surface area contributed by atoms with Crippen LogP contribution in [0, 0.1) is 5.41 Å². The fourth-order valence-corrected chi connectivity index (χ4v) is 2.76. The molecule has 5 nitrogen and oxygen atoms in total. The molecule has 1 amide bonds. The highest BCUT2D eigenvalue weighted by Gasteiger charge is 2.27. The van der Waals surface area contributed by atoms with Crippen molar-refractivity contribution < 1.29 is 19.1 Å². The summed E-state index contributed by atoms with van der Waals surface area (Å²) in [5.74, 6) is -1.12. The summed E-state index contributed by atoms with van der Waals surface area (Å²) < 4.78 is 5.18. The van der Waals surface area contributed by atoms with E-state index in [1.807, 2.05) is 30.3 Å². The van der Waals surface area contributed by atoms with Crippen molar-refractivity contribution in [2.24, 2.45) is 5.41 Å². The van der Waals surface area contributed by atoms with Gasteiger partial charge in [0.15, 0.2) is 12.4 Å². The number of benzene rings is 1. The largest absolute Gasteiger partial charge is 0.456 e. The smallest absolute Gasteiger partial charge is 0.329 e. The molecule has 1 atom stereocenters. The number of ether oxygens (including phenoxy) is 1. The van der Waals surface area contributed by atoms with Crippen LogP contribution in [0.4, 0.5) is 0 Å². The van der Waals surface area contributed by atoms with Crippen LogP contribution in [0.5, 0.6) is 0 Å². The van der Waals surface area contributed by atoms with Gasteiger partial charge < -0.3 is 10.1 Å². The Hall–Kier alpha value is -2.47. The number of amides is 1. The van der Waals surface area contributed by atoms with Crippen molar-refractivity contribution in [1.82, 2.24) is 5.32 Å². The van der Waals surface area contributed by atoms with Crippen LogP contribution in [0.15, 0.2) is 47.8 Å². The molecule has 0 aliphatic heterocycles. The summed E-state index contributed by atoms with van der Waals surface area (Å²) in [4.78, 5) is 37.3. The van der Waals surface area contributed by atoms with Gasteiger partial charge in [-0.05, 0) is 17.0 Å². The van der Waals surface area contributed by atoms with Gasteiger partial charge in [-0.2, -0.15) is 0 Å². The number of hydrogen-bond donors (Lipinski definition) is 1. The van der Waals surface area contributed by atoms with Crippen LogP contribution >= 0.6 is 11.3 Å². The van der Waals surface area contributed by atoms with Gasteiger partial charge in [0.25, 0.3) is 5.91 Å². The Morgan fingerprint density at radius 2 is 1.77 bits per heavy atom. The maximum atomic E-state index is 12.5. The van der Waals surface area contributed by atoms with E-state index in [1.54, 1.807) is 38.3 Å². The van der Waals surface area contributed by atoms with E-state index in [1.165, 1.54) is 11.3 Å². The Balaban J connectivity index is 2.07. The molecule has 1 unspecified atom stereocenters. The molecule has 0 aliphatic rings. The van der Waals surface area contributed by atoms with Gasteiger partial charge in [0.1, 0.15) is 6.04 Å². The van der Waals surface area contributed by atoms with E-state index in [0.717, 1.165) is 5.56 Å². The second-order valence-electron chi connectivity index (χ2n) is 6.97. The third-order valence-electron chi connectivity index (χ3n) is 3.80. The molecule has 0 saturated carbocycles. The van der Waals surface area contributed by atoms with Crippen molar-refractivity contribution in [1.29, 1.82) is 0 Å². The third-order valence-corrected chi connectivity index (χ3v) is 4.67. The molecule has 1 aromatic carbocycles. The molecule has 0 saturated heterocycles. The summed E-state index contributed by atoms with van der Waals surface area (Å²) >= 11 is 1.29. The van der Waals surface area contributed by atoms with Crippen LogP contribution < -0.4 is 5.32 Å². The van der Waals surface area contributed by atoms with Crippen molar-refractivity contribution in [2.75, 3.05) is 6.61 Å². The lowest BCUT2D eigenvalue weighted by molar-refractivity contribution is -0.151. The second-order valence-corrected chi connectivity index (χ2v) is 7.92. The highest BCUT2D eigenvalue weighted by molar-refractivity contribution is 7.12. The van der Waals surface area contributed by atoms with E-state index in [0.29, 0.717) is 11.3 Å². The molecule has 0 radical (unpaired) electrons. The normalized spacial score (nSPS) is 12.3. The number of carbonyl (C=O) groups excluding carboxylic acids is 3. The van der Waals surface area contributed by atoms with E-state index in [2.05, 4.69) is 5.32 Å². The van der Waals surface area contributed by atoms with Gasteiger partial charge in [0.2, 0.25) is 0 Å². The molecule has 138 valence electrons. The Bertz CT molecular complexity index is 748. The Morgan fingerprint density at radius 1 is 1.08 bits per heavy atom. The van der Waals surface area contributed by atoms with E-state index in [4.69, 9.17) is 4.74 Å². The monoisotopic (exact) mass is 373 g/mol. The van der Waals surface area contributed by atoms with Gasteiger partial charge in [-0.15, -0.1) is 11.3 Å². The van der Waals surface area contributed by atoms with Crippen molar-refractivity contribution in [2.45, 2.75) is 33.2 Å². The lowest BCUT2D eigenvalue weighted by Crippen LogP contribution is -2.44. The predicted octanol–water partition coefficient (Wildman–Crippen LogP) is 3.25. The fraction of sp³-hybridized carbons (Fsp3) is 0.350. The number of thiophene rings is 1. The average molecular weight is 373 g/mol. The zero-order chi connectivity index (χ0) is 19.2. The zero-order valence-electron chi connectivity index (χ0n) is 15.2. The topological polar surface area (TPSA) is 72.5 Å².